The molecule has 1 aromatic heterocycles. The van der Waals surface area contributed by atoms with Crippen molar-refractivity contribution in [1.82, 2.24) is 9.88 Å². The van der Waals surface area contributed by atoms with Crippen LogP contribution in [0.3, 0.4) is 0 Å². The van der Waals surface area contributed by atoms with Gasteiger partial charge in [-0.15, -0.1) is 0 Å². The smallest absolute Gasteiger partial charge is 0.0511 e. The van der Waals surface area contributed by atoms with Crippen molar-refractivity contribution in [2.45, 2.75) is 16.7 Å². The first-order valence-electron chi connectivity index (χ1n) is 8.50. The van der Waals surface area contributed by atoms with Crippen LogP contribution >= 0.6 is 11.8 Å². The van der Waals surface area contributed by atoms with Crippen LogP contribution in [0.5, 0.6) is 0 Å². The van der Waals surface area contributed by atoms with Gasteiger partial charge in [-0.3, -0.25) is 0 Å². The molecule has 3 aromatic rings. The summed E-state index contributed by atoms with van der Waals surface area (Å²) >= 11 is 1.88. The number of benzene rings is 2. The van der Waals surface area contributed by atoms with Gasteiger partial charge in [0, 0.05) is 60.1 Å². The second-order valence-electron chi connectivity index (χ2n) is 6.43. The molecule has 4 rings (SSSR count). The van der Waals surface area contributed by atoms with E-state index in [1.165, 1.54) is 31.9 Å². The van der Waals surface area contributed by atoms with E-state index in [0.29, 0.717) is 0 Å². The number of rotatable bonds is 3. The molecule has 0 atom stereocenters. The highest BCUT2D eigenvalue weighted by atomic mass is 32.2. The molecule has 124 valence electrons. The molecule has 24 heavy (non-hydrogen) atoms. The second kappa shape index (κ2) is 6.54. The standard InChI is InChI=1S/C20H23N3S/c1-15-7-8-19(18(13-15)23-11-9-21-10-12-23)24-20-14-22(2)17-6-4-3-5-16(17)20/h3-8,13-14,21H,9-12H2,1-2H3. The summed E-state index contributed by atoms with van der Waals surface area (Å²) < 4.78 is 2.22. The third-order valence-electron chi connectivity index (χ3n) is 4.65. The molecule has 0 amide bonds. The molecule has 0 unspecified atom stereocenters. The number of piperazine rings is 1. The number of nitrogens with zero attached hydrogens (tertiary/aromatic N) is 2. The summed E-state index contributed by atoms with van der Waals surface area (Å²) in [5.74, 6) is 0. The largest absolute Gasteiger partial charge is 0.368 e. The van der Waals surface area contributed by atoms with Gasteiger partial charge in [0.05, 0.1) is 5.69 Å². The highest BCUT2D eigenvalue weighted by molar-refractivity contribution is 7.99. The highest BCUT2D eigenvalue weighted by Gasteiger charge is 2.16. The molecule has 1 fully saturated rings. The third-order valence-corrected chi connectivity index (χ3v) is 5.76. The molecule has 1 aliphatic rings. The lowest BCUT2D eigenvalue weighted by atomic mass is 10.2. The topological polar surface area (TPSA) is 20.2 Å². The molecule has 4 heteroatoms. The first-order valence-corrected chi connectivity index (χ1v) is 9.32. The van der Waals surface area contributed by atoms with Crippen LogP contribution in [0.25, 0.3) is 10.9 Å². The maximum Gasteiger partial charge on any atom is 0.0511 e. The van der Waals surface area contributed by atoms with Crippen LogP contribution in [-0.4, -0.2) is 30.7 Å². The molecule has 3 nitrogen and oxygen atoms in total. The number of aryl methyl sites for hydroxylation is 2. The maximum absolute atomic E-state index is 3.44. The normalized spacial score (nSPS) is 15.2. The predicted octanol–water partition coefficient (Wildman–Crippen LogP) is 4.05. The summed E-state index contributed by atoms with van der Waals surface area (Å²) in [6, 6.07) is 15.5. The summed E-state index contributed by atoms with van der Waals surface area (Å²) in [6.07, 6.45) is 2.25. The van der Waals surface area contributed by atoms with Gasteiger partial charge in [0.25, 0.3) is 0 Å². The van der Waals surface area contributed by atoms with Crippen LogP contribution in [0, 0.1) is 6.92 Å². The lowest BCUT2D eigenvalue weighted by molar-refractivity contribution is 0.587. The first kappa shape index (κ1) is 15.6. The quantitative estimate of drug-likeness (QED) is 0.779. The number of fused-ring (bicyclic) bond motifs is 1. The minimum Gasteiger partial charge on any atom is -0.368 e. The van der Waals surface area contributed by atoms with Crippen LogP contribution in [0.4, 0.5) is 5.69 Å². The van der Waals surface area contributed by atoms with E-state index in [9.17, 15) is 0 Å². The van der Waals surface area contributed by atoms with Crippen molar-refractivity contribution in [2.24, 2.45) is 7.05 Å². The van der Waals surface area contributed by atoms with E-state index in [0.717, 1.165) is 26.2 Å². The van der Waals surface area contributed by atoms with Crippen LogP contribution in [0.1, 0.15) is 5.56 Å². The Kier molecular flexibility index (Phi) is 4.25. The second-order valence-corrected chi connectivity index (χ2v) is 7.52. The summed E-state index contributed by atoms with van der Waals surface area (Å²) in [7, 11) is 2.12. The van der Waals surface area contributed by atoms with Gasteiger partial charge < -0.3 is 14.8 Å². The third kappa shape index (κ3) is 2.92. The minimum absolute atomic E-state index is 1.06. The van der Waals surface area contributed by atoms with Crippen molar-refractivity contribution in [3.05, 3.63) is 54.2 Å². The summed E-state index contributed by atoms with van der Waals surface area (Å²) in [5, 5.41) is 4.77. The Labute approximate surface area is 147 Å². The molecular weight excluding hydrogens is 314 g/mol. The molecule has 1 aliphatic heterocycles. The molecule has 0 aliphatic carbocycles. The van der Waals surface area contributed by atoms with Crippen LogP contribution in [-0.2, 0) is 7.05 Å². The monoisotopic (exact) mass is 337 g/mol. The molecule has 0 bridgehead atoms. The van der Waals surface area contributed by atoms with Gasteiger partial charge in [-0.1, -0.05) is 36.0 Å². The van der Waals surface area contributed by atoms with Gasteiger partial charge in [0.15, 0.2) is 0 Å². The Balaban J connectivity index is 1.73. The fourth-order valence-corrected chi connectivity index (χ4v) is 4.53. The van der Waals surface area contributed by atoms with Gasteiger partial charge in [0.2, 0.25) is 0 Å². The van der Waals surface area contributed by atoms with E-state index in [1.807, 2.05) is 11.8 Å². The molecule has 0 radical (unpaired) electrons. The Hall–Kier alpha value is -1.91. The van der Waals surface area contributed by atoms with Crippen LogP contribution < -0.4 is 10.2 Å². The van der Waals surface area contributed by atoms with E-state index >= 15 is 0 Å². The fraction of sp³-hybridized carbons (Fsp3) is 0.300. The minimum atomic E-state index is 1.06. The van der Waals surface area contributed by atoms with Gasteiger partial charge in [-0.2, -0.15) is 0 Å². The Morgan fingerprint density at radius 1 is 1.00 bits per heavy atom. The van der Waals surface area contributed by atoms with Gasteiger partial charge in [0.1, 0.15) is 0 Å². The lowest BCUT2D eigenvalue weighted by Crippen LogP contribution is -2.43. The molecule has 0 spiro atoms. The summed E-state index contributed by atoms with van der Waals surface area (Å²) in [5.41, 5.74) is 3.98. The van der Waals surface area contributed by atoms with Crippen LogP contribution in [0.2, 0.25) is 0 Å². The molecular formula is C20H23N3S. The van der Waals surface area contributed by atoms with Crippen molar-refractivity contribution in [1.29, 1.82) is 0 Å². The van der Waals surface area contributed by atoms with Crippen molar-refractivity contribution in [3.8, 4) is 0 Å². The van der Waals surface area contributed by atoms with Crippen molar-refractivity contribution in [3.63, 3.8) is 0 Å². The molecule has 1 N–H and O–H groups in total. The first-order chi connectivity index (χ1) is 11.7. The number of hydrogen-bond donors (Lipinski definition) is 1. The van der Waals surface area contributed by atoms with E-state index < -0.39 is 0 Å². The van der Waals surface area contributed by atoms with E-state index in [1.54, 1.807) is 0 Å². The van der Waals surface area contributed by atoms with E-state index in [-0.39, 0.29) is 0 Å². The van der Waals surface area contributed by atoms with Crippen molar-refractivity contribution in [2.75, 3.05) is 31.1 Å². The average Bonchev–Trinajstić information content (AvgIpc) is 2.94. The molecule has 1 saturated heterocycles. The van der Waals surface area contributed by atoms with E-state index in [4.69, 9.17) is 0 Å². The highest BCUT2D eigenvalue weighted by Crippen LogP contribution is 2.39. The van der Waals surface area contributed by atoms with Gasteiger partial charge in [-0.25, -0.2) is 0 Å². The number of nitrogens with one attached hydrogen (secondary N) is 1. The zero-order valence-corrected chi connectivity index (χ0v) is 15.1. The van der Waals surface area contributed by atoms with Gasteiger partial charge in [-0.05, 0) is 30.7 Å². The molecule has 2 aromatic carbocycles. The lowest BCUT2D eigenvalue weighted by Gasteiger charge is -2.31. The Bertz CT molecular complexity index is 862. The Morgan fingerprint density at radius 3 is 2.62 bits per heavy atom. The Morgan fingerprint density at radius 2 is 1.79 bits per heavy atom. The molecule has 2 heterocycles. The number of anilines is 1. The number of aromatic nitrogens is 1. The average molecular weight is 337 g/mol. The van der Waals surface area contributed by atoms with Crippen molar-refractivity contribution < 1.29 is 0 Å². The zero-order chi connectivity index (χ0) is 16.5. The molecule has 0 saturated carbocycles. The summed E-state index contributed by atoms with van der Waals surface area (Å²) in [6.45, 7) is 6.45. The summed E-state index contributed by atoms with van der Waals surface area (Å²) in [4.78, 5) is 5.18. The SMILES string of the molecule is Cc1ccc(Sc2cn(C)c3ccccc23)c(N2CCNCC2)c1. The maximum atomic E-state index is 3.44. The number of para-hydroxylation sites is 1. The van der Waals surface area contributed by atoms with Crippen LogP contribution in [0.15, 0.2) is 58.5 Å². The fourth-order valence-electron chi connectivity index (χ4n) is 3.37. The van der Waals surface area contributed by atoms with E-state index in [2.05, 4.69) is 77.4 Å². The number of hydrogen-bond acceptors (Lipinski definition) is 3. The van der Waals surface area contributed by atoms with Gasteiger partial charge >= 0.3 is 0 Å². The van der Waals surface area contributed by atoms with Crippen molar-refractivity contribution >= 4 is 28.4 Å². The zero-order valence-electron chi connectivity index (χ0n) is 14.2. The predicted molar refractivity (Wildman–Crippen MR) is 103 cm³/mol.